The van der Waals surface area contributed by atoms with Crippen molar-refractivity contribution in [3.8, 4) is 67.6 Å². The molecule has 248 valence electrons. The van der Waals surface area contributed by atoms with Gasteiger partial charge < -0.3 is 4.42 Å². The first-order chi connectivity index (χ1) is 26.2. The van der Waals surface area contributed by atoms with E-state index in [4.69, 9.17) is 19.4 Å². The largest absolute Gasteiger partial charge is 0.436 e. The van der Waals surface area contributed by atoms with Crippen LogP contribution in [0, 0.1) is 0 Å². The molecule has 0 spiro atoms. The fourth-order valence-corrected chi connectivity index (χ4v) is 7.35. The maximum absolute atomic E-state index is 6.50. The second-order valence-corrected chi connectivity index (χ2v) is 13.2. The van der Waals surface area contributed by atoms with Crippen molar-refractivity contribution in [2.75, 3.05) is 0 Å². The van der Waals surface area contributed by atoms with E-state index in [0.717, 1.165) is 77.8 Å². The summed E-state index contributed by atoms with van der Waals surface area (Å²) in [6, 6.07) is 65.2. The minimum absolute atomic E-state index is 0.619. The lowest BCUT2D eigenvalue weighted by atomic mass is 9.89. The van der Waals surface area contributed by atoms with Crippen molar-refractivity contribution in [3.05, 3.63) is 188 Å². The molecule has 0 bridgehead atoms. The highest BCUT2D eigenvalue weighted by Gasteiger charge is 2.17. The van der Waals surface area contributed by atoms with Gasteiger partial charge in [0.05, 0.1) is 11.4 Å². The van der Waals surface area contributed by atoms with Gasteiger partial charge in [-0.3, -0.25) is 0 Å². The Bertz CT molecular complexity index is 2890. The Balaban J connectivity index is 1.12. The monoisotopic (exact) mass is 677 g/mol. The molecule has 0 amide bonds. The van der Waals surface area contributed by atoms with Crippen molar-refractivity contribution in [2.45, 2.75) is 0 Å². The van der Waals surface area contributed by atoms with E-state index >= 15 is 0 Å². The Kier molecular flexibility index (Phi) is 7.43. The van der Waals surface area contributed by atoms with Gasteiger partial charge in [0.1, 0.15) is 5.52 Å². The van der Waals surface area contributed by atoms with Gasteiger partial charge in [-0.1, -0.05) is 158 Å². The van der Waals surface area contributed by atoms with Crippen LogP contribution in [0.4, 0.5) is 0 Å². The highest BCUT2D eigenvalue weighted by molar-refractivity contribution is 6.05. The summed E-state index contributed by atoms with van der Waals surface area (Å²) in [5.41, 5.74) is 11.7. The van der Waals surface area contributed by atoms with Crippen LogP contribution in [-0.4, -0.2) is 15.0 Å². The SMILES string of the molecule is c1ccc(-c2cc(-c3ccccc3)nc(-c3cccc(-c4c(-c5ccc6nc(-c7cccc8ccccc78)oc6c5)ccc5ccccc45)c3)n2)cc1. The van der Waals surface area contributed by atoms with Gasteiger partial charge in [0.15, 0.2) is 11.4 Å². The molecule has 53 heavy (non-hydrogen) atoms. The first-order valence-corrected chi connectivity index (χ1v) is 17.8. The van der Waals surface area contributed by atoms with Crippen molar-refractivity contribution < 1.29 is 4.42 Å². The van der Waals surface area contributed by atoms with Gasteiger partial charge in [-0.2, -0.15) is 0 Å². The topological polar surface area (TPSA) is 51.8 Å². The lowest BCUT2D eigenvalue weighted by Crippen LogP contribution is -1.96. The van der Waals surface area contributed by atoms with E-state index < -0.39 is 0 Å². The fourth-order valence-electron chi connectivity index (χ4n) is 7.35. The zero-order valence-corrected chi connectivity index (χ0v) is 28.6. The Hall–Kier alpha value is -7.17. The van der Waals surface area contributed by atoms with Crippen molar-refractivity contribution in [3.63, 3.8) is 0 Å². The normalized spacial score (nSPS) is 11.4. The standard InChI is InChI=1S/C49H31N3O/c1-3-15-34(16-4-1)44-31-45(35-17-5-2-6-18-35)51-48(50-44)38-21-11-20-37(29-38)47-40-23-10-8-14-33(40)25-27-41(47)36-26-28-43-46(30-36)53-49(52-43)42-24-12-19-32-13-7-9-22-39(32)42/h1-31H. The third kappa shape index (κ3) is 5.63. The number of rotatable bonds is 6. The number of benzene rings is 8. The number of fused-ring (bicyclic) bond motifs is 3. The molecule has 0 aliphatic rings. The summed E-state index contributed by atoms with van der Waals surface area (Å²) in [5, 5.41) is 4.61. The Morgan fingerprint density at radius 1 is 0.358 bits per heavy atom. The average molecular weight is 678 g/mol. The molecule has 4 heteroatoms. The molecular formula is C49H31N3O. The number of aromatic nitrogens is 3. The average Bonchev–Trinajstić information content (AvgIpc) is 3.67. The lowest BCUT2D eigenvalue weighted by molar-refractivity contribution is 0.621. The lowest BCUT2D eigenvalue weighted by Gasteiger charge is -2.15. The number of nitrogens with zero attached hydrogens (tertiary/aromatic N) is 3. The van der Waals surface area contributed by atoms with Crippen LogP contribution in [0.2, 0.25) is 0 Å². The van der Waals surface area contributed by atoms with Crippen molar-refractivity contribution in [2.24, 2.45) is 0 Å². The third-order valence-corrected chi connectivity index (χ3v) is 9.92. The molecule has 0 aliphatic carbocycles. The zero-order valence-electron chi connectivity index (χ0n) is 28.6. The van der Waals surface area contributed by atoms with E-state index in [0.29, 0.717) is 11.7 Å². The van der Waals surface area contributed by atoms with Gasteiger partial charge in [0, 0.05) is 22.3 Å². The number of oxazole rings is 1. The molecule has 0 aliphatic heterocycles. The van der Waals surface area contributed by atoms with E-state index in [9.17, 15) is 0 Å². The highest BCUT2D eigenvalue weighted by atomic mass is 16.3. The van der Waals surface area contributed by atoms with E-state index in [1.165, 1.54) is 10.8 Å². The van der Waals surface area contributed by atoms with Crippen molar-refractivity contribution >= 4 is 32.6 Å². The van der Waals surface area contributed by atoms with Crippen LogP contribution >= 0.6 is 0 Å². The van der Waals surface area contributed by atoms with E-state index in [1.54, 1.807) is 0 Å². The minimum Gasteiger partial charge on any atom is -0.436 e. The molecule has 0 N–H and O–H groups in total. The molecule has 0 unspecified atom stereocenters. The van der Waals surface area contributed by atoms with Crippen molar-refractivity contribution in [1.29, 1.82) is 0 Å². The Labute approximate surface area is 306 Å². The Morgan fingerprint density at radius 3 is 1.72 bits per heavy atom. The summed E-state index contributed by atoms with van der Waals surface area (Å²) >= 11 is 0. The van der Waals surface area contributed by atoms with Crippen molar-refractivity contribution in [1.82, 2.24) is 15.0 Å². The summed E-state index contributed by atoms with van der Waals surface area (Å²) in [6.45, 7) is 0. The maximum atomic E-state index is 6.50. The fraction of sp³-hybridized carbons (Fsp3) is 0. The van der Waals surface area contributed by atoms with Crippen LogP contribution in [0.25, 0.3) is 100 Å². The zero-order chi connectivity index (χ0) is 35.1. The van der Waals surface area contributed by atoms with Crippen LogP contribution in [0.3, 0.4) is 0 Å². The van der Waals surface area contributed by atoms with Crippen LogP contribution in [0.5, 0.6) is 0 Å². The minimum atomic E-state index is 0.619. The van der Waals surface area contributed by atoms with E-state index in [2.05, 4.69) is 152 Å². The molecule has 2 aromatic heterocycles. The smallest absolute Gasteiger partial charge is 0.227 e. The number of hydrogen-bond donors (Lipinski definition) is 0. The predicted octanol–water partition coefficient (Wildman–Crippen LogP) is 12.9. The summed E-state index contributed by atoms with van der Waals surface area (Å²) in [7, 11) is 0. The van der Waals surface area contributed by atoms with Gasteiger partial charge in [0.2, 0.25) is 5.89 Å². The van der Waals surface area contributed by atoms with Crippen LogP contribution < -0.4 is 0 Å². The second kappa shape index (κ2) is 12.9. The summed E-state index contributed by atoms with van der Waals surface area (Å²) in [5.74, 6) is 1.30. The van der Waals surface area contributed by atoms with Crippen LogP contribution in [-0.2, 0) is 0 Å². The molecule has 2 heterocycles. The molecule has 0 radical (unpaired) electrons. The van der Waals surface area contributed by atoms with Crippen LogP contribution in [0.1, 0.15) is 0 Å². The molecule has 0 saturated carbocycles. The first kappa shape index (κ1) is 30.6. The molecule has 0 atom stereocenters. The van der Waals surface area contributed by atoms with Gasteiger partial charge in [-0.25, -0.2) is 15.0 Å². The van der Waals surface area contributed by atoms with Gasteiger partial charge in [0.25, 0.3) is 0 Å². The molecular weight excluding hydrogens is 647 g/mol. The van der Waals surface area contributed by atoms with Gasteiger partial charge in [-0.05, 0) is 74.1 Å². The summed E-state index contributed by atoms with van der Waals surface area (Å²) in [4.78, 5) is 15.2. The second-order valence-electron chi connectivity index (χ2n) is 13.2. The molecule has 10 rings (SSSR count). The molecule has 10 aromatic rings. The third-order valence-electron chi connectivity index (χ3n) is 9.92. The summed E-state index contributed by atoms with van der Waals surface area (Å²) in [6.07, 6.45) is 0. The van der Waals surface area contributed by atoms with E-state index in [1.807, 2.05) is 36.4 Å². The van der Waals surface area contributed by atoms with E-state index in [-0.39, 0.29) is 0 Å². The Morgan fingerprint density at radius 2 is 0.962 bits per heavy atom. The highest BCUT2D eigenvalue weighted by Crippen LogP contribution is 2.41. The van der Waals surface area contributed by atoms with Gasteiger partial charge >= 0.3 is 0 Å². The molecule has 0 saturated heterocycles. The molecule has 8 aromatic carbocycles. The summed E-state index contributed by atoms with van der Waals surface area (Å²) < 4.78 is 6.50. The maximum Gasteiger partial charge on any atom is 0.227 e. The molecule has 0 fully saturated rings. The quantitative estimate of drug-likeness (QED) is 0.176. The number of hydrogen-bond acceptors (Lipinski definition) is 4. The first-order valence-electron chi connectivity index (χ1n) is 17.8. The molecule has 4 nitrogen and oxygen atoms in total. The van der Waals surface area contributed by atoms with Crippen LogP contribution in [0.15, 0.2) is 192 Å². The van der Waals surface area contributed by atoms with Gasteiger partial charge in [-0.15, -0.1) is 0 Å². The predicted molar refractivity (Wildman–Crippen MR) is 217 cm³/mol.